The van der Waals surface area contributed by atoms with Crippen molar-refractivity contribution in [2.75, 3.05) is 4.90 Å². The second kappa shape index (κ2) is 13.7. The van der Waals surface area contributed by atoms with Crippen molar-refractivity contribution in [2.24, 2.45) is 0 Å². The van der Waals surface area contributed by atoms with E-state index in [1.807, 2.05) is 11.3 Å². The Kier molecular flexibility index (Phi) is 8.01. The summed E-state index contributed by atoms with van der Waals surface area (Å²) < 4.78 is 5.07. The number of hydrogen-bond acceptors (Lipinski definition) is 2. The molecule has 11 aromatic rings. The van der Waals surface area contributed by atoms with Crippen LogP contribution in [0.1, 0.15) is 47.2 Å². The standard InChI is InChI=1S/C58H42N2S/c1-57(2)49-36-42(58(39-18-6-3-7-19-39,40-20-8-4-9-21-40)41-22-10-5-11-23-41)30-33-53(49)60(43-32-35-56-48(37-43)47-26-14-17-29-55(47)61-56)54-34-31-44(38-50(54)57)59-51-27-15-12-24-45(51)46-25-13-16-28-52(46)59/h3-38H,1-2H3. The van der Waals surface area contributed by atoms with Crippen LogP contribution in [0.4, 0.5) is 17.1 Å². The molecular weight excluding hydrogens is 757 g/mol. The predicted molar refractivity (Wildman–Crippen MR) is 259 cm³/mol. The molecule has 0 amide bonds. The number of rotatable bonds is 6. The topological polar surface area (TPSA) is 8.17 Å². The first-order valence-electron chi connectivity index (χ1n) is 21.2. The van der Waals surface area contributed by atoms with Crippen LogP contribution in [-0.2, 0) is 10.8 Å². The number of benzene rings is 9. The Bertz CT molecular complexity index is 3300. The summed E-state index contributed by atoms with van der Waals surface area (Å²) in [6.45, 7) is 4.85. The minimum atomic E-state index is -0.570. The molecule has 0 radical (unpaired) electrons. The van der Waals surface area contributed by atoms with Gasteiger partial charge in [0.25, 0.3) is 0 Å². The average Bonchev–Trinajstić information content (AvgIpc) is 3.86. The third kappa shape index (κ3) is 5.27. The van der Waals surface area contributed by atoms with Gasteiger partial charge < -0.3 is 9.47 Å². The summed E-state index contributed by atoms with van der Waals surface area (Å²) in [4.78, 5) is 2.52. The van der Waals surface area contributed by atoms with Crippen molar-refractivity contribution in [3.63, 3.8) is 0 Å². The Balaban J connectivity index is 1.15. The Morgan fingerprint density at radius 2 is 0.852 bits per heavy atom. The van der Waals surface area contributed by atoms with Crippen LogP contribution in [0.5, 0.6) is 0 Å². The number of nitrogens with zero attached hydrogens (tertiary/aromatic N) is 2. The SMILES string of the molecule is CC1(C)c2cc(-n3c4ccccc4c4ccccc43)ccc2N(c2ccc3sc4ccccc4c3c2)c2ccc(C(c3ccccc3)(c3ccccc3)c3ccccc3)cc21. The quantitative estimate of drug-likeness (QED) is 0.152. The summed E-state index contributed by atoms with van der Waals surface area (Å²) in [5.74, 6) is 0. The molecule has 0 saturated carbocycles. The summed E-state index contributed by atoms with van der Waals surface area (Å²) >= 11 is 1.87. The minimum Gasteiger partial charge on any atom is -0.310 e. The summed E-state index contributed by atoms with van der Waals surface area (Å²) in [6.07, 6.45) is 0. The van der Waals surface area contributed by atoms with E-state index in [1.54, 1.807) is 0 Å². The van der Waals surface area contributed by atoms with Crippen LogP contribution in [-0.4, -0.2) is 4.57 Å². The molecule has 12 rings (SSSR count). The fourth-order valence-corrected chi connectivity index (χ4v) is 11.6. The number of anilines is 3. The third-order valence-corrected chi connectivity index (χ3v) is 14.5. The van der Waals surface area contributed by atoms with Gasteiger partial charge in [0.05, 0.1) is 27.8 Å². The first kappa shape index (κ1) is 35.7. The van der Waals surface area contributed by atoms with Crippen LogP contribution in [0.25, 0.3) is 47.7 Å². The zero-order chi connectivity index (χ0) is 40.7. The van der Waals surface area contributed by atoms with E-state index in [0.717, 1.165) is 11.4 Å². The molecule has 9 aromatic carbocycles. The van der Waals surface area contributed by atoms with Crippen LogP contribution >= 0.6 is 11.3 Å². The molecule has 0 aliphatic carbocycles. The molecule has 3 heterocycles. The highest BCUT2D eigenvalue weighted by Crippen LogP contribution is 2.55. The van der Waals surface area contributed by atoms with Gasteiger partial charge in [-0.3, -0.25) is 0 Å². The van der Waals surface area contributed by atoms with Crippen molar-refractivity contribution in [3.05, 3.63) is 252 Å². The third-order valence-electron chi connectivity index (χ3n) is 13.3. The lowest BCUT2D eigenvalue weighted by Gasteiger charge is -2.44. The van der Waals surface area contributed by atoms with Crippen LogP contribution in [0.3, 0.4) is 0 Å². The molecular formula is C58H42N2S. The molecule has 0 bridgehead atoms. The summed E-state index contributed by atoms with van der Waals surface area (Å²) in [6, 6.07) is 81.2. The Hall–Kier alpha value is -7.20. The molecule has 2 aromatic heterocycles. The average molecular weight is 799 g/mol. The molecule has 0 spiro atoms. The summed E-state index contributed by atoms with van der Waals surface area (Å²) in [5, 5.41) is 5.13. The highest BCUT2D eigenvalue weighted by atomic mass is 32.1. The van der Waals surface area contributed by atoms with Crippen LogP contribution in [0, 0.1) is 0 Å². The first-order chi connectivity index (χ1) is 30.0. The largest absolute Gasteiger partial charge is 0.310 e. The van der Waals surface area contributed by atoms with E-state index >= 15 is 0 Å². The number of hydrogen-bond donors (Lipinski definition) is 0. The van der Waals surface area contributed by atoms with Gasteiger partial charge in [0.2, 0.25) is 0 Å². The maximum absolute atomic E-state index is 2.53. The fraction of sp³-hybridized carbons (Fsp3) is 0.0690. The van der Waals surface area contributed by atoms with Gasteiger partial charge in [0, 0.05) is 47.7 Å². The summed E-state index contributed by atoms with van der Waals surface area (Å²) in [7, 11) is 0. The van der Waals surface area contributed by atoms with Crippen LogP contribution in [0.2, 0.25) is 0 Å². The maximum atomic E-state index is 2.53. The molecule has 290 valence electrons. The van der Waals surface area contributed by atoms with E-state index in [0.29, 0.717) is 0 Å². The molecule has 0 saturated heterocycles. The van der Waals surface area contributed by atoms with Crippen molar-refractivity contribution in [1.29, 1.82) is 0 Å². The lowest BCUT2D eigenvalue weighted by atomic mass is 9.63. The zero-order valence-corrected chi connectivity index (χ0v) is 34.9. The van der Waals surface area contributed by atoms with Crippen molar-refractivity contribution in [2.45, 2.75) is 24.7 Å². The summed E-state index contributed by atoms with van der Waals surface area (Å²) in [5.41, 5.74) is 13.7. The Morgan fingerprint density at radius 1 is 0.377 bits per heavy atom. The number of para-hydroxylation sites is 2. The maximum Gasteiger partial charge on any atom is 0.0701 e. The molecule has 0 unspecified atom stereocenters. The predicted octanol–water partition coefficient (Wildman–Crippen LogP) is 15.6. The number of fused-ring (bicyclic) bond motifs is 8. The Morgan fingerprint density at radius 3 is 1.46 bits per heavy atom. The molecule has 2 nitrogen and oxygen atoms in total. The van der Waals surface area contributed by atoms with E-state index in [9.17, 15) is 0 Å². The van der Waals surface area contributed by atoms with Crippen molar-refractivity contribution in [3.8, 4) is 5.69 Å². The van der Waals surface area contributed by atoms with E-state index in [1.165, 1.54) is 86.7 Å². The number of aromatic nitrogens is 1. The Labute approximate surface area is 360 Å². The van der Waals surface area contributed by atoms with Crippen molar-refractivity contribution >= 4 is 70.4 Å². The van der Waals surface area contributed by atoms with E-state index in [4.69, 9.17) is 0 Å². The van der Waals surface area contributed by atoms with Gasteiger partial charge in [0.1, 0.15) is 0 Å². The van der Waals surface area contributed by atoms with Gasteiger partial charge in [0.15, 0.2) is 0 Å². The van der Waals surface area contributed by atoms with Crippen LogP contribution in [0.15, 0.2) is 218 Å². The van der Waals surface area contributed by atoms with Crippen molar-refractivity contribution in [1.82, 2.24) is 4.57 Å². The van der Waals surface area contributed by atoms with E-state index in [-0.39, 0.29) is 5.41 Å². The molecule has 0 atom stereocenters. The van der Waals surface area contributed by atoms with Gasteiger partial charge in [-0.05, 0) is 94.0 Å². The second-order valence-corrected chi connectivity index (χ2v) is 18.0. The van der Waals surface area contributed by atoms with Crippen molar-refractivity contribution < 1.29 is 0 Å². The smallest absolute Gasteiger partial charge is 0.0701 e. The van der Waals surface area contributed by atoms with Gasteiger partial charge >= 0.3 is 0 Å². The molecule has 1 aliphatic heterocycles. The van der Waals surface area contributed by atoms with Crippen LogP contribution < -0.4 is 4.90 Å². The molecule has 1 aliphatic rings. The lowest BCUT2D eigenvalue weighted by Crippen LogP contribution is -2.34. The fourth-order valence-electron chi connectivity index (χ4n) is 10.5. The van der Waals surface area contributed by atoms with Gasteiger partial charge in [-0.25, -0.2) is 0 Å². The monoisotopic (exact) mass is 798 g/mol. The highest BCUT2D eigenvalue weighted by molar-refractivity contribution is 7.25. The minimum absolute atomic E-state index is 0.374. The number of thiophene rings is 1. The molecule has 0 N–H and O–H groups in total. The molecule has 0 fully saturated rings. The normalized spacial score (nSPS) is 13.5. The van der Waals surface area contributed by atoms with Gasteiger partial charge in [-0.2, -0.15) is 0 Å². The van der Waals surface area contributed by atoms with E-state index in [2.05, 4.69) is 242 Å². The molecule has 61 heavy (non-hydrogen) atoms. The highest BCUT2D eigenvalue weighted by Gasteiger charge is 2.42. The van der Waals surface area contributed by atoms with Gasteiger partial charge in [-0.1, -0.05) is 172 Å². The van der Waals surface area contributed by atoms with Gasteiger partial charge in [-0.15, -0.1) is 11.3 Å². The molecule has 3 heteroatoms. The van der Waals surface area contributed by atoms with E-state index < -0.39 is 5.41 Å². The zero-order valence-electron chi connectivity index (χ0n) is 34.1. The second-order valence-electron chi connectivity index (χ2n) is 16.9. The lowest BCUT2D eigenvalue weighted by molar-refractivity contribution is 0.626. The first-order valence-corrected chi connectivity index (χ1v) is 22.0.